The second-order valence-electron chi connectivity index (χ2n) is 3.68. The van der Waals surface area contributed by atoms with E-state index in [1.807, 2.05) is 17.8 Å². The molecule has 1 heterocycles. The Morgan fingerprint density at radius 3 is 2.93 bits per heavy atom. The lowest BCUT2D eigenvalue weighted by Gasteiger charge is -1.91. The molecule has 0 radical (unpaired) electrons. The first kappa shape index (κ1) is 9.95. The third-order valence-electron chi connectivity index (χ3n) is 2.82. The van der Waals surface area contributed by atoms with Crippen molar-refractivity contribution in [2.24, 2.45) is 11.8 Å². The predicted octanol–water partition coefficient (Wildman–Crippen LogP) is 1.71. The second-order valence-corrected chi connectivity index (χ2v) is 4.36. The van der Waals surface area contributed by atoms with Gasteiger partial charge in [-0.3, -0.25) is 9.48 Å². The maximum Gasteiger partial charge on any atom is 0.307 e. The number of alkyl halides is 1. The molecule has 3 atom stereocenters. The van der Waals surface area contributed by atoms with E-state index >= 15 is 0 Å². The Labute approximate surface area is 95.4 Å². The van der Waals surface area contributed by atoms with E-state index in [1.165, 1.54) is 0 Å². The van der Waals surface area contributed by atoms with Gasteiger partial charge in [-0.15, -0.1) is 0 Å². The highest BCUT2D eigenvalue weighted by molar-refractivity contribution is 14.1. The van der Waals surface area contributed by atoms with E-state index in [0.29, 0.717) is 0 Å². The summed E-state index contributed by atoms with van der Waals surface area (Å²) in [5.41, 5.74) is 1.06. The third kappa shape index (κ3) is 1.53. The van der Waals surface area contributed by atoms with Crippen LogP contribution < -0.4 is 0 Å². The van der Waals surface area contributed by atoms with Crippen LogP contribution in [0.1, 0.15) is 18.4 Å². The summed E-state index contributed by atoms with van der Waals surface area (Å²) in [5.74, 6) is -0.477. The van der Waals surface area contributed by atoms with Crippen LogP contribution in [-0.2, 0) is 9.35 Å². The number of aliphatic carboxylic acids is 1. The maximum atomic E-state index is 10.8. The van der Waals surface area contributed by atoms with E-state index in [4.69, 9.17) is 5.11 Å². The van der Waals surface area contributed by atoms with Gasteiger partial charge in [0.2, 0.25) is 0 Å². The largest absolute Gasteiger partial charge is 0.481 e. The number of carboxylic acid groups (broad SMARTS) is 1. The summed E-state index contributed by atoms with van der Waals surface area (Å²) in [6.45, 7) is 1.98. The van der Waals surface area contributed by atoms with E-state index < -0.39 is 5.97 Å². The standard InChI is InChI=1S/C9H11IN2O2/c1-5-7(8(5)9(13)14)6-2-11-12(3-6)4-10/h2-3,5,7-8H,4H2,1H3,(H,13,14). The number of nitrogens with zero attached hydrogens (tertiary/aromatic N) is 2. The van der Waals surface area contributed by atoms with Crippen LogP contribution in [0.3, 0.4) is 0 Å². The predicted molar refractivity (Wildman–Crippen MR) is 59.3 cm³/mol. The summed E-state index contributed by atoms with van der Waals surface area (Å²) in [5, 5.41) is 13.0. The fourth-order valence-electron chi connectivity index (χ4n) is 1.97. The van der Waals surface area contributed by atoms with Crippen LogP contribution in [0.5, 0.6) is 0 Å². The molecule has 14 heavy (non-hydrogen) atoms. The molecule has 2 rings (SSSR count). The second kappa shape index (κ2) is 3.52. The molecule has 3 unspecified atom stereocenters. The Kier molecular flexibility index (Phi) is 2.50. The van der Waals surface area contributed by atoms with Crippen LogP contribution in [0.2, 0.25) is 0 Å². The number of hydrogen-bond acceptors (Lipinski definition) is 2. The Hall–Kier alpha value is -0.590. The molecule has 1 aromatic rings. The molecule has 0 bridgehead atoms. The van der Waals surface area contributed by atoms with Crippen LogP contribution in [0.15, 0.2) is 12.4 Å². The molecule has 0 saturated heterocycles. The quantitative estimate of drug-likeness (QED) is 0.683. The van der Waals surface area contributed by atoms with E-state index in [9.17, 15) is 4.79 Å². The Morgan fingerprint density at radius 1 is 1.79 bits per heavy atom. The van der Waals surface area contributed by atoms with Crippen molar-refractivity contribution in [1.82, 2.24) is 9.78 Å². The first-order chi connectivity index (χ1) is 6.65. The smallest absolute Gasteiger partial charge is 0.307 e. The molecule has 4 nitrogen and oxygen atoms in total. The molecule has 0 spiro atoms. The van der Waals surface area contributed by atoms with Gasteiger partial charge in [-0.05, 0) is 11.5 Å². The van der Waals surface area contributed by atoms with Crippen LogP contribution in [0.25, 0.3) is 0 Å². The molecule has 1 aromatic heterocycles. The lowest BCUT2D eigenvalue weighted by atomic mass is 10.2. The molecule has 1 N–H and O–H groups in total. The highest BCUT2D eigenvalue weighted by Crippen LogP contribution is 2.53. The maximum absolute atomic E-state index is 10.8. The highest BCUT2D eigenvalue weighted by atomic mass is 127. The van der Waals surface area contributed by atoms with Gasteiger partial charge in [0, 0.05) is 12.1 Å². The minimum absolute atomic E-state index is 0.171. The van der Waals surface area contributed by atoms with Gasteiger partial charge in [0.15, 0.2) is 0 Å². The van der Waals surface area contributed by atoms with Gasteiger partial charge in [0.1, 0.15) is 0 Å². The molecule has 0 aliphatic heterocycles. The molecule has 0 amide bonds. The number of carboxylic acids is 1. The van der Waals surface area contributed by atoms with Crippen LogP contribution in [0.4, 0.5) is 0 Å². The molecule has 1 fully saturated rings. The summed E-state index contributed by atoms with van der Waals surface area (Å²) >= 11 is 2.22. The van der Waals surface area contributed by atoms with Gasteiger partial charge >= 0.3 is 5.97 Å². The minimum Gasteiger partial charge on any atom is -0.481 e. The monoisotopic (exact) mass is 306 g/mol. The summed E-state index contributed by atoms with van der Waals surface area (Å²) in [6, 6.07) is 0. The lowest BCUT2D eigenvalue weighted by molar-refractivity contribution is -0.138. The first-order valence-corrected chi connectivity index (χ1v) is 5.99. The van der Waals surface area contributed by atoms with Crippen molar-refractivity contribution >= 4 is 28.6 Å². The molecule has 76 valence electrons. The van der Waals surface area contributed by atoms with E-state index in [-0.39, 0.29) is 17.8 Å². The molecular formula is C9H11IN2O2. The number of hydrogen-bond donors (Lipinski definition) is 1. The Morgan fingerprint density at radius 2 is 2.50 bits per heavy atom. The van der Waals surface area contributed by atoms with Crippen molar-refractivity contribution in [2.45, 2.75) is 17.4 Å². The van der Waals surface area contributed by atoms with Gasteiger partial charge in [0.05, 0.1) is 16.7 Å². The Bertz CT molecular complexity index is 363. The summed E-state index contributed by atoms with van der Waals surface area (Å²) in [7, 11) is 0. The fourth-order valence-corrected chi connectivity index (χ4v) is 2.34. The average Bonchev–Trinajstić information content (AvgIpc) is 2.63. The summed E-state index contributed by atoms with van der Waals surface area (Å²) in [4.78, 5) is 10.8. The lowest BCUT2D eigenvalue weighted by Crippen LogP contribution is -1.99. The van der Waals surface area contributed by atoms with Gasteiger partial charge in [0.25, 0.3) is 0 Å². The van der Waals surface area contributed by atoms with E-state index in [2.05, 4.69) is 27.7 Å². The SMILES string of the molecule is CC1C(C(=O)O)C1c1cnn(CI)c1. The van der Waals surface area contributed by atoms with E-state index in [0.717, 1.165) is 10.1 Å². The van der Waals surface area contributed by atoms with Crippen molar-refractivity contribution in [1.29, 1.82) is 0 Å². The Balaban J connectivity index is 2.14. The van der Waals surface area contributed by atoms with Crippen molar-refractivity contribution < 1.29 is 9.90 Å². The number of carbonyl (C=O) groups is 1. The normalized spacial score (nSPS) is 30.3. The minimum atomic E-state index is -0.690. The number of aromatic nitrogens is 2. The van der Waals surface area contributed by atoms with E-state index in [1.54, 1.807) is 6.20 Å². The van der Waals surface area contributed by atoms with Crippen molar-refractivity contribution in [3.8, 4) is 0 Å². The fraction of sp³-hybridized carbons (Fsp3) is 0.556. The molecule has 1 saturated carbocycles. The summed E-state index contributed by atoms with van der Waals surface area (Å²) < 4.78 is 2.62. The van der Waals surface area contributed by atoms with Crippen LogP contribution in [0, 0.1) is 11.8 Å². The van der Waals surface area contributed by atoms with Crippen molar-refractivity contribution in [2.75, 3.05) is 0 Å². The molecular weight excluding hydrogens is 295 g/mol. The topological polar surface area (TPSA) is 55.1 Å². The molecule has 1 aliphatic rings. The average molecular weight is 306 g/mol. The number of halogens is 1. The zero-order chi connectivity index (χ0) is 10.3. The van der Waals surface area contributed by atoms with Gasteiger partial charge in [-0.2, -0.15) is 5.10 Å². The van der Waals surface area contributed by atoms with Gasteiger partial charge in [-0.1, -0.05) is 29.5 Å². The molecule has 1 aliphatic carbocycles. The van der Waals surface area contributed by atoms with Crippen molar-refractivity contribution in [3.63, 3.8) is 0 Å². The first-order valence-electron chi connectivity index (χ1n) is 4.46. The summed E-state index contributed by atoms with van der Waals surface area (Å²) in [6.07, 6.45) is 3.72. The molecule has 5 heteroatoms. The third-order valence-corrected chi connectivity index (χ3v) is 3.52. The highest BCUT2D eigenvalue weighted by Gasteiger charge is 2.53. The zero-order valence-corrected chi connectivity index (χ0v) is 9.88. The number of rotatable bonds is 3. The van der Waals surface area contributed by atoms with Gasteiger partial charge < -0.3 is 5.11 Å². The van der Waals surface area contributed by atoms with Crippen LogP contribution in [-0.4, -0.2) is 20.9 Å². The molecule has 0 aromatic carbocycles. The van der Waals surface area contributed by atoms with Crippen LogP contribution >= 0.6 is 22.6 Å². The van der Waals surface area contributed by atoms with Crippen molar-refractivity contribution in [3.05, 3.63) is 18.0 Å². The van der Waals surface area contributed by atoms with Gasteiger partial charge in [-0.25, -0.2) is 0 Å². The zero-order valence-electron chi connectivity index (χ0n) is 7.72.